The normalized spacial score (nSPS) is 24.3. The molecule has 0 aliphatic carbocycles. The van der Waals surface area contributed by atoms with Gasteiger partial charge in [0.1, 0.15) is 11.0 Å². The van der Waals surface area contributed by atoms with Crippen molar-refractivity contribution in [3.8, 4) is 0 Å². The maximum Gasteiger partial charge on any atom is 0.192 e. The molecule has 13 heavy (non-hydrogen) atoms. The molecular formula is C8H14FNO2S. The SMILES string of the molecule is CC(C)(C)[S@](=O)/N=C/C1(F)COC1. The molecule has 0 radical (unpaired) electrons. The molecule has 1 heterocycles. The number of alkyl halides is 1. The van der Waals surface area contributed by atoms with Crippen molar-refractivity contribution < 1.29 is 13.3 Å². The second kappa shape index (κ2) is 3.46. The molecule has 0 aromatic carbocycles. The molecule has 0 saturated carbocycles. The summed E-state index contributed by atoms with van der Waals surface area (Å²) in [6.07, 6.45) is 1.11. The van der Waals surface area contributed by atoms with Gasteiger partial charge in [0.2, 0.25) is 0 Å². The molecule has 0 spiro atoms. The molecule has 3 nitrogen and oxygen atoms in total. The summed E-state index contributed by atoms with van der Waals surface area (Å²) < 4.78 is 32.5. The van der Waals surface area contributed by atoms with Gasteiger partial charge in [-0.2, -0.15) is 4.40 Å². The third-order valence-electron chi connectivity index (χ3n) is 1.59. The Morgan fingerprint density at radius 2 is 2.08 bits per heavy atom. The lowest BCUT2D eigenvalue weighted by molar-refractivity contribution is -0.0839. The van der Waals surface area contributed by atoms with Crippen molar-refractivity contribution in [3.63, 3.8) is 0 Å². The van der Waals surface area contributed by atoms with E-state index < -0.39 is 21.4 Å². The number of ether oxygens (including phenoxy) is 1. The maximum atomic E-state index is 13.2. The van der Waals surface area contributed by atoms with Crippen molar-refractivity contribution in [1.29, 1.82) is 0 Å². The van der Waals surface area contributed by atoms with E-state index in [-0.39, 0.29) is 13.2 Å². The molecule has 0 aromatic rings. The van der Waals surface area contributed by atoms with Gasteiger partial charge in [-0.25, -0.2) is 8.60 Å². The highest BCUT2D eigenvalue weighted by atomic mass is 32.2. The Labute approximate surface area is 80.0 Å². The van der Waals surface area contributed by atoms with Gasteiger partial charge in [-0.15, -0.1) is 0 Å². The minimum absolute atomic E-state index is 0.0256. The summed E-state index contributed by atoms with van der Waals surface area (Å²) in [7, 11) is -1.38. The van der Waals surface area contributed by atoms with Crippen molar-refractivity contribution >= 4 is 17.2 Å². The maximum absolute atomic E-state index is 13.2. The lowest BCUT2D eigenvalue weighted by Crippen LogP contribution is -2.47. The van der Waals surface area contributed by atoms with Gasteiger partial charge in [0.05, 0.1) is 24.2 Å². The molecule has 0 aromatic heterocycles. The number of nitrogens with zero attached hydrogens (tertiary/aromatic N) is 1. The Morgan fingerprint density at radius 1 is 1.54 bits per heavy atom. The molecule has 1 aliphatic heterocycles. The van der Waals surface area contributed by atoms with Crippen molar-refractivity contribution in [2.45, 2.75) is 31.2 Å². The zero-order valence-corrected chi connectivity index (χ0v) is 8.86. The van der Waals surface area contributed by atoms with Crippen molar-refractivity contribution in [3.05, 3.63) is 0 Å². The highest BCUT2D eigenvalue weighted by Crippen LogP contribution is 2.20. The van der Waals surface area contributed by atoms with Gasteiger partial charge in [-0.05, 0) is 20.8 Å². The molecule has 76 valence electrons. The van der Waals surface area contributed by atoms with Gasteiger partial charge in [0, 0.05) is 0 Å². The summed E-state index contributed by atoms with van der Waals surface area (Å²) in [5, 5.41) is 0. The van der Waals surface area contributed by atoms with Crippen molar-refractivity contribution in [2.24, 2.45) is 4.40 Å². The van der Waals surface area contributed by atoms with Crippen LogP contribution in [0.2, 0.25) is 0 Å². The molecule has 1 fully saturated rings. The van der Waals surface area contributed by atoms with E-state index in [9.17, 15) is 8.60 Å². The van der Waals surface area contributed by atoms with Crippen LogP contribution in [0.1, 0.15) is 20.8 Å². The molecule has 1 rings (SSSR count). The Morgan fingerprint density at radius 3 is 2.38 bits per heavy atom. The molecule has 0 amide bonds. The van der Waals surface area contributed by atoms with E-state index in [1.807, 2.05) is 0 Å². The van der Waals surface area contributed by atoms with Crippen LogP contribution in [0.25, 0.3) is 0 Å². The van der Waals surface area contributed by atoms with Crippen LogP contribution in [0.3, 0.4) is 0 Å². The van der Waals surface area contributed by atoms with Crippen molar-refractivity contribution in [2.75, 3.05) is 13.2 Å². The summed E-state index contributed by atoms with van der Waals surface area (Å²) in [5.41, 5.74) is -1.49. The number of rotatable bonds is 2. The standard InChI is InChI=1S/C8H14FNO2S/c1-7(2,3)13(11)10-4-8(9)5-12-6-8/h4H,5-6H2,1-3H3/b10-4+/t13-/m0/s1. The van der Waals surface area contributed by atoms with Gasteiger partial charge >= 0.3 is 0 Å². The van der Waals surface area contributed by atoms with E-state index in [4.69, 9.17) is 4.74 Å². The monoisotopic (exact) mass is 207 g/mol. The van der Waals surface area contributed by atoms with Crippen LogP contribution >= 0.6 is 0 Å². The van der Waals surface area contributed by atoms with Gasteiger partial charge in [0.25, 0.3) is 0 Å². The third kappa shape index (κ3) is 2.84. The summed E-state index contributed by atoms with van der Waals surface area (Å²) in [4.78, 5) is 0. The molecule has 1 aliphatic rings. The Balaban J connectivity index is 2.53. The van der Waals surface area contributed by atoms with Crippen molar-refractivity contribution in [1.82, 2.24) is 0 Å². The Bertz CT molecular complexity index is 243. The number of hydrogen-bond donors (Lipinski definition) is 0. The molecule has 1 saturated heterocycles. The average Bonchev–Trinajstić information content (AvgIpc) is 1.94. The van der Waals surface area contributed by atoms with E-state index in [1.165, 1.54) is 0 Å². The summed E-state index contributed by atoms with van der Waals surface area (Å²) >= 11 is 0. The first-order chi connectivity index (χ1) is 5.83. The minimum Gasteiger partial charge on any atom is -0.374 e. The largest absolute Gasteiger partial charge is 0.374 e. The van der Waals surface area contributed by atoms with Gasteiger partial charge in [0.15, 0.2) is 5.67 Å². The smallest absolute Gasteiger partial charge is 0.192 e. The molecular weight excluding hydrogens is 193 g/mol. The van der Waals surface area contributed by atoms with E-state index in [2.05, 4.69) is 4.40 Å². The quantitative estimate of drug-likeness (QED) is 0.639. The third-order valence-corrected chi connectivity index (χ3v) is 2.93. The first-order valence-corrected chi connectivity index (χ1v) is 5.18. The highest BCUT2D eigenvalue weighted by Gasteiger charge is 2.37. The van der Waals surface area contributed by atoms with E-state index >= 15 is 0 Å². The predicted molar refractivity (Wildman–Crippen MR) is 51.0 cm³/mol. The van der Waals surface area contributed by atoms with Crippen LogP contribution in [-0.4, -0.2) is 34.1 Å². The fraction of sp³-hybridized carbons (Fsp3) is 0.875. The van der Waals surface area contributed by atoms with Crippen LogP contribution in [0, 0.1) is 0 Å². The summed E-state index contributed by atoms with van der Waals surface area (Å²) in [5.74, 6) is 0. The Kier molecular flexibility index (Phi) is 2.87. The first-order valence-electron chi connectivity index (χ1n) is 4.07. The Hall–Kier alpha value is -0.290. The summed E-state index contributed by atoms with van der Waals surface area (Å²) in [6, 6.07) is 0. The zero-order chi connectivity index (χ0) is 10.1. The summed E-state index contributed by atoms with van der Waals surface area (Å²) in [6.45, 7) is 5.43. The number of halogens is 1. The lowest BCUT2D eigenvalue weighted by atomic mass is 10.1. The van der Waals surface area contributed by atoms with Gasteiger partial charge in [-0.1, -0.05) is 0 Å². The fourth-order valence-electron chi connectivity index (χ4n) is 0.672. The lowest BCUT2D eigenvalue weighted by Gasteiger charge is -2.29. The molecule has 5 heteroatoms. The topological polar surface area (TPSA) is 38.7 Å². The highest BCUT2D eigenvalue weighted by molar-refractivity contribution is 7.85. The molecule has 0 bridgehead atoms. The van der Waals surface area contributed by atoms with Gasteiger partial charge < -0.3 is 4.74 Å². The van der Waals surface area contributed by atoms with Crippen LogP contribution in [-0.2, 0) is 15.7 Å². The fourth-order valence-corrected chi connectivity index (χ4v) is 1.27. The van der Waals surface area contributed by atoms with Gasteiger partial charge in [-0.3, -0.25) is 0 Å². The van der Waals surface area contributed by atoms with Crippen LogP contribution in [0.4, 0.5) is 4.39 Å². The van der Waals surface area contributed by atoms with E-state index in [0.29, 0.717) is 0 Å². The second-order valence-corrected chi connectivity index (χ2v) is 6.06. The minimum atomic E-state index is -1.49. The van der Waals surface area contributed by atoms with E-state index in [1.54, 1.807) is 20.8 Å². The first kappa shape index (κ1) is 10.8. The average molecular weight is 207 g/mol. The molecule has 1 atom stereocenters. The predicted octanol–water partition coefficient (Wildman–Crippen LogP) is 1.26. The zero-order valence-electron chi connectivity index (χ0n) is 8.04. The number of hydrogen-bond acceptors (Lipinski definition) is 2. The molecule has 0 unspecified atom stereocenters. The second-order valence-electron chi connectivity index (χ2n) is 4.12. The van der Waals surface area contributed by atoms with E-state index in [0.717, 1.165) is 6.21 Å². The van der Waals surface area contributed by atoms with Crippen LogP contribution in [0.15, 0.2) is 4.40 Å². The molecule has 0 N–H and O–H groups in total. The van der Waals surface area contributed by atoms with Crippen LogP contribution in [0.5, 0.6) is 0 Å². The van der Waals surface area contributed by atoms with Crippen LogP contribution < -0.4 is 0 Å².